The quantitative estimate of drug-likeness (QED) is 0.537. The number of hydrogen-bond acceptors (Lipinski definition) is 3. The fraction of sp³-hybridized carbons (Fsp3) is 0.391. The van der Waals surface area contributed by atoms with Crippen LogP contribution in [0.15, 0.2) is 53.5 Å². The first kappa shape index (κ1) is 20.7. The Bertz CT molecular complexity index is 892. The lowest BCUT2D eigenvalue weighted by molar-refractivity contribution is 0.0694. The third-order valence-corrected chi connectivity index (χ3v) is 4.90. The van der Waals surface area contributed by atoms with E-state index in [1.54, 1.807) is 7.05 Å². The van der Waals surface area contributed by atoms with Gasteiger partial charge in [0.2, 0.25) is 0 Å². The maximum atomic E-state index is 12.1. The Hall–Kier alpha value is -3.02. The first-order valence-corrected chi connectivity index (χ1v) is 10.0. The molecule has 2 aromatic carbocycles. The van der Waals surface area contributed by atoms with Crippen LogP contribution in [0.5, 0.6) is 5.75 Å². The zero-order valence-electron chi connectivity index (χ0n) is 17.6. The van der Waals surface area contributed by atoms with Gasteiger partial charge < -0.3 is 20.7 Å². The Morgan fingerprint density at radius 1 is 1.17 bits per heavy atom. The van der Waals surface area contributed by atoms with Gasteiger partial charge in [-0.05, 0) is 44.5 Å². The van der Waals surface area contributed by atoms with Gasteiger partial charge in [-0.2, -0.15) is 0 Å². The minimum Gasteiger partial charge on any atom is -0.487 e. The Morgan fingerprint density at radius 2 is 1.97 bits per heavy atom. The van der Waals surface area contributed by atoms with Crippen LogP contribution in [0.3, 0.4) is 0 Å². The molecule has 6 heteroatoms. The van der Waals surface area contributed by atoms with Crippen LogP contribution in [0.25, 0.3) is 0 Å². The van der Waals surface area contributed by atoms with E-state index < -0.39 is 0 Å². The van der Waals surface area contributed by atoms with Crippen LogP contribution in [0.2, 0.25) is 0 Å². The molecule has 0 radical (unpaired) electrons. The first-order chi connectivity index (χ1) is 13.9. The van der Waals surface area contributed by atoms with E-state index in [9.17, 15) is 4.79 Å². The summed E-state index contributed by atoms with van der Waals surface area (Å²) in [4.78, 5) is 16.4. The number of amides is 1. The first-order valence-electron chi connectivity index (χ1n) is 10.0. The highest BCUT2D eigenvalue weighted by molar-refractivity contribution is 5.94. The van der Waals surface area contributed by atoms with Crippen molar-refractivity contribution in [1.82, 2.24) is 16.0 Å². The highest BCUT2D eigenvalue weighted by Crippen LogP contribution is 2.39. The average Bonchev–Trinajstić information content (AvgIpc) is 2.70. The summed E-state index contributed by atoms with van der Waals surface area (Å²) in [6.07, 6.45) is 0.831. The zero-order valence-corrected chi connectivity index (χ0v) is 17.6. The van der Waals surface area contributed by atoms with Crippen LogP contribution in [0.4, 0.5) is 0 Å². The molecule has 6 nitrogen and oxygen atoms in total. The molecule has 0 saturated heterocycles. The van der Waals surface area contributed by atoms with Crippen molar-refractivity contribution in [3.63, 3.8) is 0 Å². The van der Waals surface area contributed by atoms with E-state index in [4.69, 9.17) is 4.74 Å². The second-order valence-electron chi connectivity index (χ2n) is 7.79. The molecule has 3 rings (SSSR count). The van der Waals surface area contributed by atoms with E-state index in [2.05, 4.69) is 40.9 Å². The van der Waals surface area contributed by atoms with Gasteiger partial charge in [0, 0.05) is 37.7 Å². The van der Waals surface area contributed by atoms with Gasteiger partial charge in [-0.25, -0.2) is 0 Å². The van der Waals surface area contributed by atoms with Gasteiger partial charge in [0.1, 0.15) is 11.4 Å². The summed E-state index contributed by atoms with van der Waals surface area (Å²) in [7, 11) is 1.76. The topological polar surface area (TPSA) is 74.8 Å². The third-order valence-electron chi connectivity index (χ3n) is 4.90. The van der Waals surface area contributed by atoms with Crippen LogP contribution in [-0.2, 0) is 6.54 Å². The van der Waals surface area contributed by atoms with Gasteiger partial charge >= 0.3 is 0 Å². The predicted molar refractivity (Wildman–Crippen MR) is 116 cm³/mol. The smallest absolute Gasteiger partial charge is 0.251 e. The highest BCUT2D eigenvalue weighted by Gasteiger charge is 2.33. The third kappa shape index (κ3) is 5.28. The van der Waals surface area contributed by atoms with Crippen molar-refractivity contribution in [1.29, 1.82) is 0 Å². The van der Waals surface area contributed by atoms with Crippen molar-refractivity contribution < 1.29 is 9.53 Å². The van der Waals surface area contributed by atoms with E-state index >= 15 is 0 Å². The molecule has 0 bridgehead atoms. The fourth-order valence-corrected chi connectivity index (χ4v) is 3.56. The molecule has 2 aromatic rings. The molecule has 1 atom stereocenters. The molecule has 1 aliphatic rings. The number of carbonyl (C=O) groups is 1. The molecule has 1 heterocycles. The number of fused-ring (bicyclic) bond motifs is 1. The summed E-state index contributed by atoms with van der Waals surface area (Å²) < 4.78 is 6.11. The van der Waals surface area contributed by atoms with Crippen molar-refractivity contribution in [3.05, 3.63) is 65.2 Å². The summed E-state index contributed by atoms with van der Waals surface area (Å²) in [5.74, 6) is 1.56. The van der Waals surface area contributed by atoms with Crippen LogP contribution >= 0.6 is 0 Å². The van der Waals surface area contributed by atoms with Crippen molar-refractivity contribution in [2.24, 2.45) is 4.99 Å². The second-order valence-corrected chi connectivity index (χ2v) is 7.79. The Kier molecular flexibility index (Phi) is 6.42. The van der Waals surface area contributed by atoms with Crippen molar-refractivity contribution >= 4 is 11.9 Å². The second kappa shape index (κ2) is 8.99. The molecular weight excluding hydrogens is 364 g/mol. The maximum absolute atomic E-state index is 12.1. The normalized spacial score (nSPS) is 17.7. The van der Waals surface area contributed by atoms with Crippen LogP contribution < -0.4 is 20.7 Å². The molecule has 0 spiro atoms. The molecule has 29 heavy (non-hydrogen) atoms. The Balaban J connectivity index is 1.68. The molecule has 154 valence electrons. The summed E-state index contributed by atoms with van der Waals surface area (Å²) in [6.45, 7) is 7.29. The highest BCUT2D eigenvalue weighted by atomic mass is 16.5. The van der Waals surface area contributed by atoms with Gasteiger partial charge in [-0.15, -0.1) is 0 Å². The molecule has 0 fully saturated rings. The number of benzene rings is 2. The molecule has 1 unspecified atom stereocenters. The van der Waals surface area contributed by atoms with E-state index in [0.29, 0.717) is 24.6 Å². The van der Waals surface area contributed by atoms with Crippen LogP contribution in [0.1, 0.15) is 54.7 Å². The largest absolute Gasteiger partial charge is 0.487 e. The lowest BCUT2D eigenvalue weighted by Crippen LogP contribution is -2.45. The van der Waals surface area contributed by atoms with Gasteiger partial charge in [-0.1, -0.05) is 30.3 Å². The van der Waals surface area contributed by atoms with Gasteiger partial charge in [0.15, 0.2) is 5.96 Å². The van der Waals surface area contributed by atoms with Crippen molar-refractivity contribution in [2.75, 3.05) is 13.6 Å². The molecular formula is C23H30N4O2. The lowest BCUT2D eigenvalue weighted by atomic mass is 9.90. The standard InChI is InChI=1S/C23H30N4O2/c1-5-25-21(28)17-10-8-9-16(13-17)15-26-22(24-4)27-19-14-23(2,3)29-20-12-7-6-11-18(19)20/h6-13,19H,5,14-15H2,1-4H3,(H,25,28)(H2,24,26,27). The van der Waals surface area contributed by atoms with Crippen LogP contribution in [0, 0.1) is 0 Å². The number of nitrogens with zero attached hydrogens (tertiary/aromatic N) is 1. The molecule has 3 N–H and O–H groups in total. The number of rotatable bonds is 5. The monoisotopic (exact) mass is 394 g/mol. The summed E-state index contributed by atoms with van der Waals surface area (Å²) >= 11 is 0. The summed E-state index contributed by atoms with van der Waals surface area (Å²) in [5.41, 5.74) is 2.55. The van der Waals surface area contributed by atoms with Gasteiger partial charge in [0.25, 0.3) is 5.91 Å². The number of nitrogens with one attached hydrogen (secondary N) is 3. The van der Waals surface area contributed by atoms with Gasteiger partial charge in [0.05, 0.1) is 6.04 Å². The van der Waals surface area contributed by atoms with Crippen LogP contribution in [-0.4, -0.2) is 31.1 Å². The minimum absolute atomic E-state index is 0.0575. The molecule has 0 saturated carbocycles. The number of guanidine groups is 1. The average molecular weight is 395 g/mol. The summed E-state index contributed by atoms with van der Waals surface area (Å²) in [6, 6.07) is 15.8. The summed E-state index contributed by atoms with van der Waals surface area (Å²) in [5, 5.41) is 9.71. The van der Waals surface area contributed by atoms with E-state index in [1.165, 1.54) is 0 Å². The number of ether oxygens (including phenoxy) is 1. The minimum atomic E-state index is -0.258. The molecule has 0 aromatic heterocycles. The fourth-order valence-electron chi connectivity index (χ4n) is 3.56. The SMILES string of the molecule is CCNC(=O)c1cccc(CNC(=NC)NC2CC(C)(C)Oc3ccccc32)c1. The van der Waals surface area contributed by atoms with E-state index in [-0.39, 0.29) is 17.6 Å². The Labute approximate surface area is 172 Å². The lowest BCUT2D eigenvalue weighted by Gasteiger charge is -2.38. The number of para-hydroxylation sites is 1. The van der Waals surface area contributed by atoms with E-state index in [1.807, 2.05) is 49.4 Å². The maximum Gasteiger partial charge on any atom is 0.251 e. The Morgan fingerprint density at radius 3 is 2.72 bits per heavy atom. The van der Waals surface area contributed by atoms with Gasteiger partial charge in [-0.3, -0.25) is 9.79 Å². The van der Waals surface area contributed by atoms with Crippen molar-refractivity contribution in [3.8, 4) is 5.75 Å². The predicted octanol–water partition coefficient (Wildman–Crippen LogP) is 3.40. The number of aliphatic imine (C=N–C) groups is 1. The van der Waals surface area contributed by atoms with Crippen molar-refractivity contribution in [2.45, 2.75) is 45.4 Å². The molecule has 1 amide bonds. The molecule has 0 aliphatic carbocycles. The number of hydrogen-bond donors (Lipinski definition) is 3. The molecule has 1 aliphatic heterocycles. The number of carbonyl (C=O) groups excluding carboxylic acids is 1. The van der Waals surface area contributed by atoms with E-state index in [0.717, 1.165) is 23.3 Å². The zero-order chi connectivity index (χ0) is 20.9.